The zero-order valence-corrected chi connectivity index (χ0v) is 34.6. The van der Waals surface area contributed by atoms with Gasteiger partial charge in [0.25, 0.3) is 0 Å². The van der Waals surface area contributed by atoms with Gasteiger partial charge in [0.05, 0.1) is 21.9 Å². The highest BCUT2D eigenvalue weighted by Gasteiger charge is 2.48. The molecule has 1 aliphatic carbocycles. The molecule has 0 bridgehead atoms. The van der Waals surface area contributed by atoms with E-state index in [0.29, 0.717) is 0 Å². The molecule has 0 saturated carbocycles. The van der Waals surface area contributed by atoms with Crippen molar-refractivity contribution in [3.05, 3.63) is 300 Å². The van der Waals surface area contributed by atoms with Crippen molar-refractivity contribution in [1.29, 1.82) is 0 Å². The van der Waals surface area contributed by atoms with E-state index in [0.717, 1.165) is 5.69 Å². The number of fused-ring (bicyclic) bond motifs is 6. The lowest BCUT2D eigenvalue weighted by Gasteiger charge is -2.39. The van der Waals surface area contributed by atoms with E-state index in [9.17, 15) is 0 Å². The highest BCUT2D eigenvalue weighted by molar-refractivity contribution is 6.10. The number of rotatable bonds is 8. The van der Waals surface area contributed by atoms with Crippen LogP contribution in [0.1, 0.15) is 44.5 Å². The van der Waals surface area contributed by atoms with E-state index in [-0.39, 0.29) is 0 Å². The van der Waals surface area contributed by atoms with Crippen molar-refractivity contribution in [1.82, 2.24) is 9.55 Å². The molecule has 2 aromatic heterocycles. The fraction of sp³-hybridized carbons (Fsp3) is 0.0328. The first-order valence-electron chi connectivity index (χ1n) is 21.8. The van der Waals surface area contributed by atoms with Gasteiger partial charge >= 0.3 is 0 Å². The molecule has 0 spiro atoms. The Bertz CT molecular complexity index is 3280. The average Bonchev–Trinajstić information content (AvgIpc) is 3.86. The van der Waals surface area contributed by atoms with Gasteiger partial charge in [-0.2, -0.15) is 0 Å². The van der Waals surface area contributed by atoms with E-state index in [4.69, 9.17) is 0 Å². The minimum atomic E-state index is -0.615. The van der Waals surface area contributed by atoms with Gasteiger partial charge < -0.3 is 4.57 Å². The quantitative estimate of drug-likeness (QED) is 0.140. The SMILES string of the molecule is c1ccc(C(c2ccccc2)(c2ccccc2)c2ccc3c(c2)C(c2ccccc2)(c2ccccc2)c2cc(-c4ccc5c(c4)c4ccccc4n5-c4ccncc4)ccc2-3)cc1. The van der Waals surface area contributed by atoms with Crippen LogP contribution in [0.25, 0.3) is 49.7 Å². The Balaban J connectivity index is 1.13. The van der Waals surface area contributed by atoms with Crippen LogP contribution in [0.5, 0.6) is 0 Å². The van der Waals surface area contributed by atoms with Gasteiger partial charge in [-0.05, 0) is 103 Å². The Morgan fingerprint density at radius 1 is 0.349 bits per heavy atom. The second-order valence-electron chi connectivity index (χ2n) is 16.6. The second kappa shape index (κ2) is 14.8. The number of hydrogen-bond donors (Lipinski definition) is 0. The Morgan fingerprint density at radius 2 is 0.810 bits per heavy atom. The van der Waals surface area contributed by atoms with Crippen LogP contribution < -0.4 is 0 Å². The molecule has 0 saturated heterocycles. The molecule has 1 aliphatic rings. The third kappa shape index (κ3) is 5.55. The average molecular weight is 803 g/mol. The Labute approximate surface area is 368 Å². The molecule has 9 aromatic carbocycles. The fourth-order valence-electron chi connectivity index (χ4n) is 10.9. The number of nitrogens with zero attached hydrogens (tertiary/aromatic N) is 2. The van der Waals surface area contributed by atoms with Crippen LogP contribution in [0, 0.1) is 0 Å². The van der Waals surface area contributed by atoms with Crippen LogP contribution >= 0.6 is 0 Å². The fourth-order valence-corrected chi connectivity index (χ4v) is 10.9. The number of aromatic nitrogens is 2. The van der Waals surface area contributed by atoms with Crippen molar-refractivity contribution in [2.75, 3.05) is 0 Å². The summed E-state index contributed by atoms with van der Waals surface area (Å²) in [5.41, 5.74) is 17.1. The summed E-state index contributed by atoms with van der Waals surface area (Å²) in [6, 6.07) is 89.9. The Morgan fingerprint density at radius 3 is 1.40 bits per heavy atom. The molecule has 0 N–H and O–H groups in total. The van der Waals surface area contributed by atoms with Crippen LogP contribution in [0.4, 0.5) is 0 Å². The summed E-state index contributed by atoms with van der Waals surface area (Å²) >= 11 is 0. The van der Waals surface area contributed by atoms with Gasteiger partial charge in [-0.3, -0.25) is 4.98 Å². The van der Waals surface area contributed by atoms with E-state index < -0.39 is 10.8 Å². The summed E-state index contributed by atoms with van der Waals surface area (Å²) in [6.07, 6.45) is 3.74. The summed E-state index contributed by atoms with van der Waals surface area (Å²) in [5.74, 6) is 0. The Hall–Kier alpha value is -8.07. The molecule has 0 atom stereocenters. The second-order valence-corrected chi connectivity index (χ2v) is 16.6. The molecule has 0 fully saturated rings. The largest absolute Gasteiger partial charge is 0.309 e. The minimum Gasteiger partial charge on any atom is -0.309 e. The normalized spacial score (nSPS) is 12.9. The van der Waals surface area contributed by atoms with Crippen molar-refractivity contribution in [3.63, 3.8) is 0 Å². The molecular weight excluding hydrogens is 761 g/mol. The topological polar surface area (TPSA) is 17.8 Å². The maximum absolute atomic E-state index is 4.31. The van der Waals surface area contributed by atoms with E-state index >= 15 is 0 Å². The molecular formula is C61H42N2. The van der Waals surface area contributed by atoms with E-state index in [1.165, 1.54) is 88.6 Å². The lowest BCUT2D eigenvalue weighted by atomic mass is 9.63. The van der Waals surface area contributed by atoms with Gasteiger partial charge in [0.2, 0.25) is 0 Å². The molecule has 0 amide bonds. The van der Waals surface area contributed by atoms with Crippen LogP contribution in [-0.2, 0) is 10.8 Å². The zero-order valence-electron chi connectivity index (χ0n) is 34.6. The molecule has 0 aliphatic heterocycles. The molecule has 296 valence electrons. The van der Waals surface area contributed by atoms with Crippen LogP contribution in [0.3, 0.4) is 0 Å². The molecule has 0 radical (unpaired) electrons. The van der Waals surface area contributed by atoms with Crippen molar-refractivity contribution in [2.24, 2.45) is 0 Å². The van der Waals surface area contributed by atoms with Crippen LogP contribution in [0.15, 0.2) is 255 Å². The molecule has 2 heterocycles. The summed E-state index contributed by atoms with van der Waals surface area (Å²) in [4.78, 5) is 4.31. The molecule has 11 aromatic rings. The van der Waals surface area contributed by atoms with Gasteiger partial charge in [-0.1, -0.05) is 206 Å². The number of para-hydroxylation sites is 1. The van der Waals surface area contributed by atoms with Gasteiger partial charge in [0, 0.05) is 28.9 Å². The monoisotopic (exact) mass is 802 g/mol. The zero-order chi connectivity index (χ0) is 41.8. The lowest BCUT2D eigenvalue weighted by Crippen LogP contribution is -2.33. The van der Waals surface area contributed by atoms with Gasteiger partial charge in [-0.15, -0.1) is 0 Å². The number of benzene rings is 9. The van der Waals surface area contributed by atoms with E-state index in [1.54, 1.807) is 0 Å². The van der Waals surface area contributed by atoms with Crippen LogP contribution in [0.2, 0.25) is 0 Å². The van der Waals surface area contributed by atoms with E-state index in [1.807, 2.05) is 12.4 Å². The van der Waals surface area contributed by atoms with Gasteiger partial charge in [-0.25, -0.2) is 0 Å². The minimum absolute atomic E-state index is 0.595. The maximum Gasteiger partial charge on any atom is 0.0713 e. The Kier molecular flexibility index (Phi) is 8.65. The summed E-state index contributed by atoms with van der Waals surface area (Å²) in [5, 5.41) is 2.46. The predicted octanol–water partition coefficient (Wildman–Crippen LogP) is 14.6. The first-order chi connectivity index (χ1) is 31.3. The van der Waals surface area contributed by atoms with Crippen molar-refractivity contribution in [3.8, 4) is 27.9 Å². The van der Waals surface area contributed by atoms with Gasteiger partial charge in [0.1, 0.15) is 0 Å². The summed E-state index contributed by atoms with van der Waals surface area (Å²) in [6.45, 7) is 0. The van der Waals surface area contributed by atoms with Crippen molar-refractivity contribution in [2.45, 2.75) is 10.8 Å². The molecule has 0 unspecified atom stereocenters. The lowest BCUT2D eigenvalue weighted by molar-refractivity contribution is 0.729. The summed E-state index contributed by atoms with van der Waals surface area (Å²) in [7, 11) is 0. The first-order valence-corrected chi connectivity index (χ1v) is 21.8. The standard InChI is InChI=1S/C61H42N2/c1-6-18-45(19-7-1)60(46-20-8-2-9-21-46,47-22-10-3-11-23-47)50-32-34-53-52-33-30-44(41-56(52)61(57(53)42-50,48-24-12-4-13-25-48)49-26-14-5-15-27-49)43-31-35-59-55(40-43)54-28-16-17-29-58(54)63(59)51-36-38-62-39-37-51/h1-42H. The van der Waals surface area contributed by atoms with Crippen molar-refractivity contribution >= 4 is 21.8 Å². The highest BCUT2D eigenvalue weighted by atomic mass is 15.0. The third-order valence-corrected chi connectivity index (χ3v) is 13.5. The van der Waals surface area contributed by atoms with Gasteiger partial charge in [0.15, 0.2) is 0 Å². The molecule has 63 heavy (non-hydrogen) atoms. The predicted molar refractivity (Wildman–Crippen MR) is 260 cm³/mol. The number of pyridine rings is 1. The maximum atomic E-state index is 4.31. The highest BCUT2D eigenvalue weighted by Crippen LogP contribution is 2.58. The van der Waals surface area contributed by atoms with Crippen molar-refractivity contribution < 1.29 is 0 Å². The molecule has 2 nitrogen and oxygen atoms in total. The smallest absolute Gasteiger partial charge is 0.0713 e. The molecule has 12 rings (SSSR count). The van der Waals surface area contributed by atoms with Crippen LogP contribution in [-0.4, -0.2) is 9.55 Å². The first kappa shape index (κ1) is 36.8. The molecule has 2 heteroatoms. The number of hydrogen-bond acceptors (Lipinski definition) is 1. The summed E-state index contributed by atoms with van der Waals surface area (Å²) < 4.78 is 2.35. The third-order valence-electron chi connectivity index (χ3n) is 13.5. The van der Waals surface area contributed by atoms with E-state index in [2.05, 4.69) is 252 Å².